The lowest BCUT2D eigenvalue weighted by molar-refractivity contribution is -0.142. The minimum Gasteiger partial charge on any atom is -0.482 e. The number of carbonyl (C=O) groups excluding carboxylic acids is 1. The molecule has 0 bridgehead atoms. The maximum atomic E-state index is 11.1. The van der Waals surface area contributed by atoms with E-state index in [4.69, 9.17) is 4.74 Å². The largest absolute Gasteiger partial charge is 0.482 e. The average Bonchev–Trinajstić information content (AvgIpc) is 2.47. The van der Waals surface area contributed by atoms with Crippen LogP contribution in [0.25, 0.3) is 11.1 Å². The van der Waals surface area contributed by atoms with Crippen LogP contribution >= 0.6 is 0 Å². The van der Waals surface area contributed by atoms with Crippen LogP contribution in [0.15, 0.2) is 48.5 Å². The quantitative estimate of drug-likeness (QED) is 0.788. The molecule has 0 aromatic heterocycles. The van der Waals surface area contributed by atoms with Crippen LogP contribution in [-0.2, 0) is 9.53 Å². The topological polar surface area (TPSA) is 35.5 Å². The Morgan fingerprint density at radius 1 is 1.05 bits per heavy atom. The third-order valence-corrected chi connectivity index (χ3v) is 2.87. The molecular weight excluding hydrogens is 240 g/mol. The van der Waals surface area contributed by atoms with Crippen molar-refractivity contribution in [2.45, 2.75) is 6.92 Å². The second-order valence-corrected chi connectivity index (χ2v) is 4.21. The van der Waals surface area contributed by atoms with Crippen LogP contribution in [0.5, 0.6) is 5.75 Å². The maximum absolute atomic E-state index is 11.1. The number of ether oxygens (including phenoxy) is 2. The number of benzene rings is 2. The Hall–Kier alpha value is -2.29. The zero-order chi connectivity index (χ0) is 13.7. The van der Waals surface area contributed by atoms with Crippen LogP contribution in [-0.4, -0.2) is 19.7 Å². The van der Waals surface area contributed by atoms with E-state index >= 15 is 0 Å². The van der Waals surface area contributed by atoms with Crippen LogP contribution in [0.1, 0.15) is 5.56 Å². The Morgan fingerprint density at radius 3 is 2.47 bits per heavy atom. The van der Waals surface area contributed by atoms with E-state index in [9.17, 15) is 4.79 Å². The first-order valence-corrected chi connectivity index (χ1v) is 6.06. The van der Waals surface area contributed by atoms with Crippen LogP contribution < -0.4 is 4.74 Å². The molecule has 0 heterocycles. The summed E-state index contributed by atoms with van der Waals surface area (Å²) in [7, 11) is 1.35. The summed E-state index contributed by atoms with van der Waals surface area (Å²) in [6, 6.07) is 16.0. The molecule has 0 saturated carbocycles. The Kier molecular flexibility index (Phi) is 4.18. The van der Waals surface area contributed by atoms with Gasteiger partial charge in [-0.3, -0.25) is 0 Å². The summed E-state index contributed by atoms with van der Waals surface area (Å²) in [4.78, 5) is 11.1. The van der Waals surface area contributed by atoms with Gasteiger partial charge in [-0.25, -0.2) is 4.79 Å². The van der Waals surface area contributed by atoms with Gasteiger partial charge < -0.3 is 9.47 Å². The first kappa shape index (κ1) is 13.1. The number of methoxy groups -OCH3 is 1. The summed E-state index contributed by atoms with van der Waals surface area (Å²) in [5, 5.41) is 0. The molecule has 2 aromatic rings. The fraction of sp³-hybridized carbons (Fsp3) is 0.188. The molecule has 0 unspecified atom stereocenters. The highest BCUT2D eigenvalue weighted by Crippen LogP contribution is 2.26. The smallest absolute Gasteiger partial charge is 0.343 e. The molecule has 98 valence electrons. The molecule has 3 nitrogen and oxygen atoms in total. The fourth-order valence-corrected chi connectivity index (χ4v) is 1.76. The van der Waals surface area contributed by atoms with Gasteiger partial charge in [-0.05, 0) is 29.7 Å². The SMILES string of the molecule is COC(=O)COc1cc(-c2ccccc2)ccc1C. The van der Waals surface area contributed by atoms with Gasteiger partial charge in [0, 0.05) is 0 Å². The van der Waals surface area contributed by atoms with Gasteiger partial charge >= 0.3 is 5.97 Å². The normalized spacial score (nSPS) is 10.0. The molecule has 0 amide bonds. The van der Waals surface area contributed by atoms with Gasteiger partial charge in [0.2, 0.25) is 0 Å². The zero-order valence-corrected chi connectivity index (χ0v) is 11.1. The highest BCUT2D eigenvalue weighted by atomic mass is 16.6. The zero-order valence-electron chi connectivity index (χ0n) is 11.1. The van der Waals surface area contributed by atoms with Gasteiger partial charge in [0.25, 0.3) is 0 Å². The van der Waals surface area contributed by atoms with Crippen molar-refractivity contribution in [1.29, 1.82) is 0 Å². The van der Waals surface area contributed by atoms with E-state index in [-0.39, 0.29) is 12.6 Å². The second-order valence-electron chi connectivity index (χ2n) is 4.21. The first-order chi connectivity index (χ1) is 9.20. The number of hydrogen-bond acceptors (Lipinski definition) is 3. The van der Waals surface area contributed by atoms with Crippen molar-refractivity contribution in [3.8, 4) is 16.9 Å². The molecular formula is C16H16O3. The van der Waals surface area contributed by atoms with Gasteiger partial charge in [0.15, 0.2) is 6.61 Å². The molecule has 0 fully saturated rings. The van der Waals surface area contributed by atoms with Crippen LogP contribution in [0.2, 0.25) is 0 Å². The molecule has 19 heavy (non-hydrogen) atoms. The summed E-state index contributed by atoms with van der Waals surface area (Å²) in [5.74, 6) is 0.316. The summed E-state index contributed by atoms with van der Waals surface area (Å²) in [6.07, 6.45) is 0. The predicted octanol–water partition coefficient (Wildman–Crippen LogP) is 3.21. The van der Waals surface area contributed by atoms with E-state index in [0.29, 0.717) is 5.75 Å². The van der Waals surface area contributed by atoms with E-state index in [0.717, 1.165) is 16.7 Å². The van der Waals surface area contributed by atoms with Gasteiger partial charge in [-0.15, -0.1) is 0 Å². The van der Waals surface area contributed by atoms with Crippen molar-refractivity contribution in [2.75, 3.05) is 13.7 Å². The van der Waals surface area contributed by atoms with Gasteiger partial charge in [0.1, 0.15) is 5.75 Å². The van der Waals surface area contributed by atoms with E-state index in [1.54, 1.807) is 0 Å². The summed E-state index contributed by atoms with van der Waals surface area (Å²) in [6.45, 7) is 1.87. The lowest BCUT2D eigenvalue weighted by Crippen LogP contribution is -2.13. The number of esters is 1. The minimum atomic E-state index is -0.385. The van der Waals surface area contributed by atoms with E-state index in [2.05, 4.69) is 4.74 Å². The lowest BCUT2D eigenvalue weighted by Gasteiger charge is -2.10. The average molecular weight is 256 g/mol. The maximum Gasteiger partial charge on any atom is 0.343 e. The van der Waals surface area contributed by atoms with Crippen molar-refractivity contribution in [2.24, 2.45) is 0 Å². The van der Waals surface area contributed by atoms with Crippen molar-refractivity contribution in [3.05, 3.63) is 54.1 Å². The molecule has 0 aliphatic heterocycles. The summed E-state index contributed by atoms with van der Waals surface area (Å²) >= 11 is 0. The van der Waals surface area contributed by atoms with E-state index in [1.807, 2.05) is 55.5 Å². The summed E-state index contributed by atoms with van der Waals surface area (Å²) in [5.41, 5.74) is 3.17. The molecule has 2 aromatic carbocycles. The van der Waals surface area contributed by atoms with E-state index < -0.39 is 0 Å². The van der Waals surface area contributed by atoms with Gasteiger partial charge in [-0.1, -0.05) is 42.5 Å². The predicted molar refractivity (Wildman–Crippen MR) is 74.1 cm³/mol. The molecule has 0 N–H and O–H groups in total. The highest BCUT2D eigenvalue weighted by molar-refractivity contribution is 5.71. The fourth-order valence-electron chi connectivity index (χ4n) is 1.76. The minimum absolute atomic E-state index is 0.0738. The number of carbonyl (C=O) groups is 1. The standard InChI is InChI=1S/C16H16O3/c1-12-8-9-14(13-6-4-3-5-7-13)10-15(12)19-11-16(17)18-2/h3-10H,11H2,1-2H3. The Bertz CT molecular complexity index is 561. The number of hydrogen-bond donors (Lipinski definition) is 0. The molecule has 0 spiro atoms. The van der Waals surface area contributed by atoms with Crippen molar-refractivity contribution in [3.63, 3.8) is 0 Å². The molecule has 0 aliphatic carbocycles. The van der Waals surface area contributed by atoms with Crippen LogP contribution in [0, 0.1) is 6.92 Å². The van der Waals surface area contributed by atoms with E-state index in [1.165, 1.54) is 7.11 Å². The van der Waals surface area contributed by atoms with Crippen molar-refractivity contribution < 1.29 is 14.3 Å². The Balaban J connectivity index is 2.22. The molecule has 0 saturated heterocycles. The first-order valence-electron chi connectivity index (χ1n) is 6.06. The van der Waals surface area contributed by atoms with Crippen molar-refractivity contribution >= 4 is 5.97 Å². The molecule has 0 aliphatic rings. The monoisotopic (exact) mass is 256 g/mol. The summed E-state index contributed by atoms with van der Waals surface area (Å²) < 4.78 is 10.0. The number of aryl methyl sites for hydroxylation is 1. The molecule has 3 heteroatoms. The number of rotatable bonds is 4. The molecule has 0 radical (unpaired) electrons. The highest BCUT2D eigenvalue weighted by Gasteiger charge is 2.06. The molecule has 0 atom stereocenters. The third-order valence-electron chi connectivity index (χ3n) is 2.87. The van der Waals surface area contributed by atoms with Crippen LogP contribution in [0.3, 0.4) is 0 Å². The van der Waals surface area contributed by atoms with Gasteiger partial charge in [-0.2, -0.15) is 0 Å². The Labute approximate surface area is 112 Å². The van der Waals surface area contributed by atoms with Gasteiger partial charge in [0.05, 0.1) is 7.11 Å². The third kappa shape index (κ3) is 3.35. The van der Waals surface area contributed by atoms with Crippen LogP contribution in [0.4, 0.5) is 0 Å². The lowest BCUT2D eigenvalue weighted by atomic mass is 10.0. The second kappa shape index (κ2) is 6.05. The Morgan fingerprint density at radius 2 is 1.79 bits per heavy atom. The molecule has 2 rings (SSSR count). The van der Waals surface area contributed by atoms with Crippen molar-refractivity contribution in [1.82, 2.24) is 0 Å².